The van der Waals surface area contributed by atoms with E-state index in [9.17, 15) is 4.79 Å². The molecule has 2 aromatic carbocycles. The summed E-state index contributed by atoms with van der Waals surface area (Å²) in [4.78, 5) is 12.0. The third kappa shape index (κ3) is 4.48. The normalized spacial score (nSPS) is 9.83. The van der Waals surface area contributed by atoms with Crippen LogP contribution in [0.1, 0.15) is 16.7 Å². The van der Waals surface area contributed by atoms with E-state index < -0.39 is 0 Å². The summed E-state index contributed by atoms with van der Waals surface area (Å²) in [5.74, 6) is 0.576. The summed E-state index contributed by atoms with van der Waals surface area (Å²) in [7, 11) is 1.49. The Balaban J connectivity index is 2.00. The van der Waals surface area contributed by atoms with Gasteiger partial charge in [-0.2, -0.15) is 5.26 Å². The minimum atomic E-state index is -0.263. The summed E-state index contributed by atoms with van der Waals surface area (Å²) in [6.45, 7) is 3.80. The van der Waals surface area contributed by atoms with Crippen molar-refractivity contribution in [1.29, 1.82) is 5.26 Å². The van der Waals surface area contributed by atoms with Gasteiger partial charge in [-0.1, -0.05) is 6.07 Å². The quantitative estimate of drug-likeness (QED) is 0.920. The monoisotopic (exact) mass is 310 g/mol. The minimum absolute atomic E-state index is 0.144. The molecule has 0 fully saturated rings. The first-order valence-corrected chi connectivity index (χ1v) is 7.11. The van der Waals surface area contributed by atoms with Crippen molar-refractivity contribution in [2.45, 2.75) is 13.8 Å². The average molecular weight is 310 g/mol. The lowest BCUT2D eigenvalue weighted by Crippen LogP contribution is -2.20. The Morgan fingerprint density at radius 2 is 1.83 bits per heavy atom. The highest BCUT2D eigenvalue weighted by Crippen LogP contribution is 2.27. The van der Waals surface area contributed by atoms with Crippen LogP contribution in [0.5, 0.6) is 11.5 Å². The van der Waals surface area contributed by atoms with Crippen LogP contribution in [0.4, 0.5) is 5.69 Å². The van der Waals surface area contributed by atoms with Crippen molar-refractivity contribution in [3.8, 4) is 17.6 Å². The number of amides is 1. The molecule has 0 spiro atoms. The number of rotatable bonds is 5. The topological polar surface area (TPSA) is 71.3 Å². The lowest BCUT2D eigenvalue weighted by atomic mass is 10.1. The maximum Gasteiger partial charge on any atom is 0.262 e. The third-order valence-corrected chi connectivity index (χ3v) is 3.16. The molecule has 23 heavy (non-hydrogen) atoms. The van der Waals surface area contributed by atoms with Crippen molar-refractivity contribution < 1.29 is 14.3 Å². The fourth-order valence-corrected chi connectivity index (χ4v) is 2.24. The van der Waals surface area contributed by atoms with E-state index in [2.05, 4.69) is 5.32 Å². The first-order valence-electron chi connectivity index (χ1n) is 7.11. The van der Waals surface area contributed by atoms with Crippen LogP contribution >= 0.6 is 0 Å². The molecule has 0 saturated carbocycles. The third-order valence-electron chi connectivity index (χ3n) is 3.16. The molecule has 0 radical (unpaired) electrons. The van der Waals surface area contributed by atoms with Gasteiger partial charge in [0.1, 0.15) is 0 Å². The number of ether oxygens (including phenoxy) is 2. The van der Waals surface area contributed by atoms with Crippen LogP contribution in [0.2, 0.25) is 0 Å². The molecular formula is C18H18N2O3. The molecule has 118 valence electrons. The van der Waals surface area contributed by atoms with Crippen molar-refractivity contribution in [1.82, 2.24) is 0 Å². The molecule has 0 saturated heterocycles. The van der Waals surface area contributed by atoms with Crippen molar-refractivity contribution in [3.63, 3.8) is 0 Å². The molecule has 2 aromatic rings. The first-order chi connectivity index (χ1) is 11.0. The number of nitrogens with one attached hydrogen (secondary N) is 1. The summed E-state index contributed by atoms with van der Waals surface area (Å²) >= 11 is 0. The fourth-order valence-electron chi connectivity index (χ4n) is 2.24. The molecule has 0 aliphatic carbocycles. The molecule has 0 aliphatic rings. The Morgan fingerprint density at radius 3 is 2.43 bits per heavy atom. The largest absolute Gasteiger partial charge is 0.493 e. The Labute approximate surface area is 135 Å². The van der Waals surface area contributed by atoms with Gasteiger partial charge in [0, 0.05) is 11.8 Å². The zero-order valence-electron chi connectivity index (χ0n) is 13.3. The fraction of sp³-hybridized carbons (Fsp3) is 0.222. The Kier molecular flexibility index (Phi) is 5.21. The first kappa shape index (κ1) is 16.4. The van der Waals surface area contributed by atoms with Crippen LogP contribution in [-0.4, -0.2) is 19.6 Å². The summed E-state index contributed by atoms with van der Waals surface area (Å²) in [5, 5.41) is 11.7. The predicted octanol–water partition coefficient (Wildman–Crippen LogP) is 3.20. The standard InChI is InChI=1S/C18H18N2O3/c1-12-6-13(2)8-15(7-12)20-18(21)11-23-16-5-4-14(10-19)9-17(16)22-3/h4-9H,11H2,1-3H3,(H,20,21). The number of methoxy groups -OCH3 is 1. The van der Waals surface area contributed by atoms with Crippen molar-refractivity contribution >= 4 is 11.6 Å². The van der Waals surface area contributed by atoms with Gasteiger partial charge < -0.3 is 14.8 Å². The van der Waals surface area contributed by atoms with Crippen LogP contribution in [0.3, 0.4) is 0 Å². The van der Waals surface area contributed by atoms with E-state index in [1.165, 1.54) is 7.11 Å². The van der Waals surface area contributed by atoms with Gasteiger partial charge in [0.05, 0.1) is 18.7 Å². The summed E-state index contributed by atoms with van der Waals surface area (Å²) in [6.07, 6.45) is 0. The maximum absolute atomic E-state index is 12.0. The lowest BCUT2D eigenvalue weighted by molar-refractivity contribution is -0.118. The molecular weight excluding hydrogens is 292 g/mol. The second-order valence-electron chi connectivity index (χ2n) is 5.19. The van der Waals surface area contributed by atoms with Crippen LogP contribution in [-0.2, 0) is 4.79 Å². The van der Waals surface area contributed by atoms with Gasteiger partial charge in [-0.25, -0.2) is 0 Å². The zero-order chi connectivity index (χ0) is 16.8. The second-order valence-corrected chi connectivity index (χ2v) is 5.19. The van der Waals surface area contributed by atoms with E-state index in [0.29, 0.717) is 17.1 Å². The van der Waals surface area contributed by atoms with Crippen LogP contribution < -0.4 is 14.8 Å². The SMILES string of the molecule is COc1cc(C#N)ccc1OCC(=O)Nc1cc(C)cc(C)c1. The molecule has 0 heterocycles. The lowest BCUT2D eigenvalue weighted by Gasteiger charge is -2.11. The number of hydrogen-bond donors (Lipinski definition) is 1. The van der Waals surface area contributed by atoms with Gasteiger partial charge >= 0.3 is 0 Å². The Morgan fingerprint density at radius 1 is 1.13 bits per heavy atom. The number of nitriles is 1. The van der Waals surface area contributed by atoms with Crippen molar-refractivity contribution in [2.24, 2.45) is 0 Å². The number of hydrogen-bond acceptors (Lipinski definition) is 4. The number of nitrogens with zero attached hydrogens (tertiary/aromatic N) is 1. The van der Waals surface area contributed by atoms with E-state index in [1.807, 2.05) is 38.1 Å². The molecule has 0 bridgehead atoms. The van der Waals surface area contributed by atoms with Gasteiger partial charge in [0.15, 0.2) is 18.1 Å². The second kappa shape index (κ2) is 7.32. The van der Waals surface area contributed by atoms with E-state index >= 15 is 0 Å². The molecule has 0 aliphatic heterocycles. The highest BCUT2D eigenvalue weighted by molar-refractivity contribution is 5.92. The number of benzene rings is 2. The van der Waals surface area contributed by atoms with Gasteiger partial charge in [0.25, 0.3) is 5.91 Å². The number of anilines is 1. The van der Waals surface area contributed by atoms with E-state index in [0.717, 1.165) is 16.8 Å². The molecule has 5 heteroatoms. The maximum atomic E-state index is 12.0. The number of aryl methyl sites for hydroxylation is 2. The summed E-state index contributed by atoms with van der Waals surface area (Å²) < 4.78 is 10.6. The molecule has 0 aromatic heterocycles. The van der Waals surface area contributed by atoms with Gasteiger partial charge in [-0.3, -0.25) is 4.79 Å². The minimum Gasteiger partial charge on any atom is -0.493 e. The average Bonchev–Trinajstić information content (AvgIpc) is 2.51. The van der Waals surface area contributed by atoms with Gasteiger partial charge in [-0.05, 0) is 49.2 Å². The van der Waals surface area contributed by atoms with Gasteiger partial charge in [0.2, 0.25) is 0 Å². The molecule has 5 nitrogen and oxygen atoms in total. The number of carbonyl (C=O) groups excluding carboxylic acids is 1. The zero-order valence-corrected chi connectivity index (χ0v) is 13.3. The van der Waals surface area contributed by atoms with Crippen LogP contribution in [0.25, 0.3) is 0 Å². The van der Waals surface area contributed by atoms with Crippen LogP contribution in [0.15, 0.2) is 36.4 Å². The van der Waals surface area contributed by atoms with Gasteiger partial charge in [-0.15, -0.1) is 0 Å². The van der Waals surface area contributed by atoms with Crippen molar-refractivity contribution in [2.75, 3.05) is 19.0 Å². The molecule has 1 amide bonds. The van der Waals surface area contributed by atoms with E-state index in [-0.39, 0.29) is 12.5 Å². The van der Waals surface area contributed by atoms with Crippen LogP contribution in [0, 0.1) is 25.2 Å². The number of carbonyl (C=O) groups is 1. The van der Waals surface area contributed by atoms with E-state index in [4.69, 9.17) is 14.7 Å². The van der Waals surface area contributed by atoms with E-state index in [1.54, 1.807) is 18.2 Å². The Hall–Kier alpha value is -3.00. The summed E-state index contributed by atoms with van der Waals surface area (Å²) in [6, 6.07) is 12.6. The highest BCUT2D eigenvalue weighted by Gasteiger charge is 2.09. The molecule has 0 unspecified atom stereocenters. The highest BCUT2D eigenvalue weighted by atomic mass is 16.5. The molecule has 0 atom stereocenters. The van der Waals surface area contributed by atoms with Crippen molar-refractivity contribution in [3.05, 3.63) is 53.1 Å². The Bertz CT molecular complexity index is 743. The molecule has 2 rings (SSSR count). The smallest absolute Gasteiger partial charge is 0.262 e. The summed E-state index contributed by atoms with van der Waals surface area (Å²) in [5.41, 5.74) is 3.36. The molecule has 1 N–H and O–H groups in total. The predicted molar refractivity (Wildman–Crippen MR) is 87.7 cm³/mol.